The van der Waals surface area contributed by atoms with Crippen molar-refractivity contribution in [1.29, 1.82) is 0 Å². The number of nitrogens with zero attached hydrogens (tertiary/aromatic N) is 1. The molecule has 1 saturated carbocycles. The Morgan fingerprint density at radius 3 is 2.60 bits per heavy atom. The first-order valence-corrected chi connectivity index (χ1v) is 7.16. The summed E-state index contributed by atoms with van der Waals surface area (Å²) >= 11 is 0. The van der Waals surface area contributed by atoms with Gasteiger partial charge in [0.15, 0.2) is 0 Å². The van der Waals surface area contributed by atoms with Crippen LogP contribution in [0.25, 0.3) is 0 Å². The zero-order chi connectivity index (χ0) is 14.6. The van der Waals surface area contributed by atoms with Gasteiger partial charge in [-0.3, -0.25) is 14.5 Å². The van der Waals surface area contributed by atoms with Crippen molar-refractivity contribution < 1.29 is 14.4 Å². The Morgan fingerprint density at radius 1 is 1.35 bits per heavy atom. The van der Waals surface area contributed by atoms with Crippen molar-refractivity contribution in [2.45, 2.75) is 44.1 Å². The van der Waals surface area contributed by atoms with Gasteiger partial charge in [0.05, 0.1) is 12.1 Å². The number of carbonyl (C=O) groups excluding carboxylic acids is 3. The van der Waals surface area contributed by atoms with E-state index in [1.54, 1.807) is 0 Å². The Bertz CT molecular complexity index is 388. The van der Waals surface area contributed by atoms with Gasteiger partial charge in [-0.15, -0.1) is 0 Å². The fourth-order valence-corrected chi connectivity index (χ4v) is 2.87. The standard InChI is InChI=1S/C13H22N4O3/c14-9-13(5-1-2-6-13)16-10(18)4-3-7-17-11(19)8-15-12(17)20/h1-9,14H2,(H,15,20)(H,16,18). The molecule has 0 atom stereocenters. The molecular formula is C13H22N4O3. The normalized spacial score (nSPS) is 21.1. The molecule has 7 nitrogen and oxygen atoms in total. The molecule has 2 fully saturated rings. The van der Waals surface area contributed by atoms with Crippen LogP contribution in [-0.2, 0) is 9.59 Å². The number of carbonyl (C=O) groups is 3. The molecular weight excluding hydrogens is 260 g/mol. The summed E-state index contributed by atoms with van der Waals surface area (Å²) in [6, 6.07) is -0.371. The summed E-state index contributed by atoms with van der Waals surface area (Å²) in [6.07, 6.45) is 4.84. The van der Waals surface area contributed by atoms with Gasteiger partial charge in [-0.25, -0.2) is 4.79 Å². The topological polar surface area (TPSA) is 105 Å². The molecule has 1 heterocycles. The Balaban J connectivity index is 1.72. The van der Waals surface area contributed by atoms with Crippen LogP contribution in [0.1, 0.15) is 38.5 Å². The summed E-state index contributed by atoms with van der Waals surface area (Å²) in [5.41, 5.74) is 5.52. The van der Waals surface area contributed by atoms with Crippen molar-refractivity contribution in [3.63, 3.8) is 0 Å². The average molecular weight is 282 g/mol. The summed E-state index contributed by atoms with van der Waals surface area (Å²) in [6.45, 7) is 0.806. The molecule has 0 aromatic carbocycles. The van der Waals surface area contributed by atoms with E-state index in [2.05, 4.69) is 10.6 Å². The van der Waals surface area contributed by atoms with Gasteiger partial charge in [0.1, 0.15) is 0 Å². The molecule has 7 heteroatoms. The molecule has 1 saturated heterocycles. The molecule has 20 heavy (non-hydrogen) atoms. The fraction of sp³-hybridized carbons (Fsp3) is 0.769. The third-order valence-electron chi connectivity index (χ3n) is 4.08. The largest absolute Gasteiger partial charge is 0.349 e. The predicted octanol–water partition coefficient (Wildman–Crippen LogP) is -0.294. The van der Waals surface area contributed by atoms with Gasteiger partial charge in [-0.1, -0.05) is 12.8 Å². The highest BCUT2D eigenvalue weighted by molar-refractivity contribution is 6.01. The number of imide groups is 1. The molecule has 0 aromatic heterocycles. The second kappa shape index (κ2) is 6.21. The highest BCUT2D eigenvalue weighted by atomic mass is 16.2. The van der Waals surface area contributed by atoms with Gasteiger partial charge in [0.25, 0.3) is 0 Å². The number of hydrogen-bond acceptors (Lipinski definition) is 4. The van der Waals surface area contributed by atoms with E-state index in [0.29, 0.717) is 19.4 Å². The number of nitrogens with one attached hydrogen (secondary N) is 2. The molecule has 112 valence electrons. The first kappa shape index (κ1) is 14.8. The van der Waals surface area contributed by atoms with Crippen LogP contribution in [0.5, 0.6) is 0 Å². The Kier molecular flexibility index (Phi) is 4.59. The highest BCUT2D eigenvalue weighted by Crippen LogP contribution is 2.28. The SMILES string of the molecule is NCC1(NC(=O)CCCN2C(=O)CNC2=O)CCCC1. The maximum atomic E-state index is 11.9. The van der Waals surface area contributed by atoms with Gasteiger partial charge in [0, 0.05) is 19.5 Å². The summed E-state index contributed by atoms with van der Waals surface area (Å²) in [5, 5.41) is 5.47. The lowest BCUT2D eigenvalue weighted by molar-refractivity contribution is -0.126. The van der Waals surface area contributed by atoms with E-state index in [-0.39, 0.29) is 36.5 Å². The number of nitrogens with two attached hydrogens (primary N) is 1. The minimum atomic E-state index is -0.371. The second-order valence-corrected chi connectivity index (χ2v) is 5.55. The van der Waals surface area contributed by atoms with Crippen LogP contribution in [-0.4, -0.2) is 47.9 Å². The lowest BCUT2D eigenvalue weighted by Gasteiger charge is -2.28. The summed E-state index contributed by atoms with van der Waals surface area (Å²) in [5.74, 6) is -0.283. The number of rotatable bonds is 6. The summed E-state index contributed by atoms with van der Waals surface area (Å²) in [7, 11) is 0. The number of urea groups is 1. The van der Waals surface area contributed by atoms with Crippen molar-refractivity contribution in [3.8, 4) is 0 Å². The third kappa shape index (κ3) is 3.27. The van der Waals surface area contributed by atoms with Crippen LogP contribution in [0.15, 0.2) is 0 Å². The van der Waals surface area contributed by atoms with Crippen LogP contribution in [0.2, 0.25) is 0 Å². The van der Waals surface area contributed by atoms with Crippen LogP contribution in [0.3, 0.4) is 0 Å². The quantitative estimate of drug-likeness (QED) is 0.582. The van der Waals surface area contributed by atoms with E-state index in [1.807, 2.05) is 0 Å². The van der Waals surface area contributed by atoms with E-state index in [4.69, 9.17) is 5.73 Å². The first-order valence-electron chi connectivity index (χ1n) is 7.16. The lowest BCUT2D eigenvalue weighted by Crippen LogP contribution is -2.51. The zero-order valence-electron chi connectivity index (χ0n) is 11.6. The van der Waals surface area contributed by atoms with Gasteiger partial charge in [-0.05, 0) is 19.3 Å². The molecule has 2 aliphatic rings. The molecule has 0 unspecified atom stereocenters. The molecule has 0 aromatic rings. The smallest absolute Gasteiger partial charge is 0.324 e. The molecule has 4 N–H and O–H groups in total. The maximum Gasteiger partial charge on any atom is 0.324 e. The highest BCUT2D eigenvalue weighted by Gasteiger charge is 2.34. The third-order valence-corrected chi connectivity index (χ3v) is 4.08. The molecule has 0 bridgehead atoms. The lowest BCUT2D eigenvalue weighted by atomic mass is 9.97. The van der Waals surface area contributed by atoms with E-state index in [1.165, 1.54) is 0 Å². The molecule has 1 aliphatic carbocycles. The molecule has 4 amide bonds. The monoisotopic (exact) mass is 282 g/mol. The van der Waals surface area contributed by atoms with E-state index in [9.17, 15) is 14.4 Å². The van der Waals surface area contributed by atoms with E-state index < -0.39 is 0 Å². The Hall–Kier alpha value is -1.63. The molecule has 0 radical (unpaired) electrons. The van der Waals surface area contributed by atoms with E-state index >= 15 is 0 Å². The van der Waals surface area contributed by atoms with Crippen LogP contribution < -0.4 is 16.4 Å². The van der Waals surface area contributed by atoms with Crippen molar-refractivity contribution in [2.24, 2.45) is 5.73 Å². The second-order valence-electron chi connectivity index (χ2n) is 5.55. The van der Waals surface area contributed by atoms with Crippen molar-refractivity contribution in [3.05, 3.63) is 0 Å². The van der Waals surface area contributed by atoms with Crippen LogP contribution in [0, 0.1) is 0 Å². The first-order chi connectivity index (χ1) is 9.56. The van der Waals surface area contributed by atoms with Crippen LogP contribution >= 0.6 is 0 Å². The average Bonchev–Trinajstić information content (AvgIpc) is 3.00. The zero-order valence-corrected chi connectivity index (χ0v) is 11.6. The van der Waals surface area contributed by atoms with Gasteiger partial charge >= 0.3 is 6.03 Å². The van der Waals surface area contributed by atoms with Gasteiger partial charge in [0.2, 0.25) is 11.8 Å². The summed E-state index contributed by atoms with van der Waals surface area (Å²) in [4.78, 5) is 35.8. The van der Waals surface area contributed by atoms with Gasteiger partial charge < -0.3 is 16.4 Å². The van der Waals surface area contributed by atoms with Crippen LogP contribution in [0.4, 0.5) is 4.79 Å². The number of hydrogen-bond donors (Lipinski definition) is 3. The maximum absolute atomic E-state index is 11.9. The molecule has 0 spiro atoms. The van der Waals surface area contributed by atoms with Gasteiger partial charge in [-0.2, -0.15) is 0 Å². The Labute approximate surface area is 118 Å². The minimum absolute atomic E-state index is 0.0515. The predicted molar refractivity (Wildman–Crippen MR) is 72.7 cm³/mol. The van der Waals surface area contributed by atoms with Crippen molar-refractivity contribution in [1.82, 2.24) is 15.5 Å². The molecule has 2 rings (SSSR count). The molecule has 1 aliphatic heterocycles. The van der Waals surface area contributed by atoms with E-state index in [0.717, 1.165) is 30.6 Å². The fourth-order valence-electron chi connectivity index (χ4n) is 2.87. The summed E-state index contributed by atoms with van der Waals surface area (Å²) < 4.78 is 0. The minimum Gasteiger partial charge on any atom is -0.349 e. The number of amides is 4. The van der Waals surface area contributed by atoms with Crippen molar-refractivity contribution >= 4 is 17.8 Å². The van der Waals surface area contributed by atoms with Crippen molar-refractivity contribution in [2.75, 3.05) is 19.6 Å². The Morgan fingerprint density at radius 2 is 2.05 bits per heavy atom.